The third-order valence-corrected chi connectivity index (χ3v) is 4.45. The molecule has 0 aliphatic carbocycles. The molecule has 0 atom stereocenters. The van der Waals surface area contributed by atoms with Crippen LogP contribution in [0.25, 0.3) is 11.9 Å². The molecule has 0 saturated carbocycles. The summed E-state index contributed by atoms with van der Waals surface area (Å²) >= 11 is 0. The zero-order valence-electron chi connectivity index (χ0n) is 12.3. The van der Waals surface area contributed by atoms with Crippen LogP contribution >= 0.6 is 7.60 Å². The molecule has 1 amide bonds. The van der Waals surface area contributed by atoms with Crippen molar-refractivity contribution >= 4 is 25.4 Å². The number of imidazole rings is 1. The summed E-state index contributed by atoms with van der Waals surface area (Å²) < 4.78 is 24.3. The Bertz CT molecular complexity index is 746. The number of rotatable bonds is 7. The van der Waals surface area contributed by atoms with Crippen molar-refractivity contribution in [2.75, 3.05) is 13.2 Å². The van der Waals surface area contributed by atoms with Crippen LogP contribution in [-0.4, -0.2) is 33.5 Å². The molecule has 0 radical (unpaired) electrons. The van der Waals surface area contributed by atoms with Gasteiger partial charge < -0.3 is 14.8 Å². The fourth-order valence-electron chi connectivity index (χ4n) is 1.82. The fraction of sp³-hybridized carbons (Fsp3) is 0.308. The highest BCUT2D eigenvalue weighted by atomic mass is 31.2. The molecule has 0 aromatic carbocycles. The lowest BCUT2D eigenvalue weighted by Gasteiger charge is -2.12. The molecule has 2 aromatic heterocycles. The Balaban J connectivity index is 2.40. The number of hydrogen-bond donors (Lipinski definition) is 1. The molecule has 0 bridgehead atoms. The molecule has 2 N–H and O–H groups in total. The van der Waals surface area contributed by atoms with Gasteiger partial charge in [0.1, 0.15) is 5.69 Å². The third-order valence-electron chi connectivity index (χ3n) is 2.70. The number of primary amides is 1. The van der Waals surface area contributed by atoms with E-state index in [2.05, 4.69) is 9.97 Å². The van der Waals surface area contributed by atoms with E-state index in [4.69, 9.17) is 14.8 Å². The van der Waals surface area contributed by atoms with Crippen LogP contribution < -0.4 is 5.73 Å². The van der Waals surface area contributed by atoms with E-state index in [0.717, 1.165) is 0 Å². The monoisotopic (exact) mass is 324 g/mol. The van der Waals surface area contributed by atoms with Crippen LogP contribution in [0.15, 0.2) is 24.3 Å². The van der Waals surface area contributed by atoms with E-state index in [0.29, 0.717) is 11.5 Å². The minimum atomic E-state index is -3.30. The van der Waals surface area contributed by atoms with Crippen LogP contribution in [0.1, 0.15) is 30.0 Å². The zero-order chi connectivity index (χ0) is 16.2. The van der Waals surface area contributed by atoms with E-state index in [1.807, 2.05) is 0 Å². The van der Waals surface area contributed by atoms with Gasteiger partial charge in [-0.3, -0.25) is 13.8 Å². The lowest BCUT2D eigenvalue weighted by molar-refractivity contribution is 0.0996. The predicted molar refractivity (Wildman–Crippen MR) is 81.4 cm³/mol. The van der Waals surface area contributed by atoms with Gasteiger partial charge in [-0.1, -0.05) is 0 Å². The van der Waals surface area contributed by atoms with Crippen molar-refractivity contribution in [3.05, 3.63) is 35.7 Å². The first kappa shape index (κ1) is 16.4. The maximum absolute atomic E-state index is 12.4. The molecule has 9 heteroatoms. The standard InChI is InChI=1S/C13H17N4O4P/c1-3-20-22(19,21-4-2)8-6-10-5-7-15-13-16-11(12(14)18)9-17(10)13/h5-9H,3-4H2,1-2H3,(H2,14,18). The van der Waals surface area contributed by atoms with E-state index < -0.39 is 13.5 Å². The van der Waals surface area contributed by atoms with Crippen LogP contribution in [0.4, 0.5) is 0 Å². The normalized spacial score (nSPS) is 12.3. The quantitative estimate of drug-likeness (QED) is 0.781. The van der Waals surface area contributed by atoms with Gasteiger partial charge in [0.05, 0.1) is 18.9 Å². The average molecular weight is 324 g/mol. The second-order valence-electron chi connectivity index (χ2n) is 4.22. The summed E-state index contributed by atoms with van der Waals surface area (Å²) in [5.41, 5.74) is 5.92. The Hall–Kier alpha value is -2.02. The second kappa shape index (κ2) is 6.83. The maximum Gasteiger partial charge on any atom is 0.354 e. The molecule has 0 spiro atoms. The Morgan fingerprint density at radius 3 is 2.68 bits per heavy atom. The summed E-state index contributed by atoms with van der Waals surface area (Å²) in [5, 5.41) is 0. The molecule has 2 heterocycles. The summed E-state index contributed by atoms with van der Waals surface area (Å²) in [4.78, 5) is 19.2. The van der Waals surface area contributed by atoms with Gasteiger partial charge in [-0.2, -0.15) is 0 Å². The number of hydrogen-bond acceptors (Lipinski definition) is 6. The number of carbonyl (C=O) groups is 1. The molecular weight excluding hydrogens is 307 g/mol. The summed E-state index contributed by atoms with van der Waals surface area (Å²) in [6.45, 7) is 4.01. The van der Waals surface area contributed by atoms with Gasteiger partial charge in [0.25, 0.3) is 5.91 Å². The minimum Gasteiger partial charge on any atom is -0.364 e. The summed E-state index contributed by atoms with van der Waals surface area (Å²) in [6.07, 6.45) is 4.57. The number of nitrogens with zero attached hydrogens (tertiary/aromatic N) is 3. The second-order valence-corrected chi connectivity index (χ2v) is 6.12. The molecule has 2 aromatic rings. The molecule has 2 rings (SSSR count). The summed E-state index contributed by atoms with van der Waals surface area (Å²) in [5.74, 6) is 1.05. The largest absolute Gasteiger partial charge is 0.364 e. The summed E-state index contributed by atoms with van der Waals surface area (Å²) in [6, 6.07) is 1.68. The van der Waals surface area contributed by atoms with Gasteiger partial charge in [-0.15, -0.1) is 0 Å². The smallest absolute Gasteiger partial charge is 0.354 e. The van der Waals surface area contributed by atoms with E-state index in [-0.39, 0.29) is 18.9 Å². The SMILES string of the molecule is CCOP(=O)(C=Cc1ccnc2nc(C(N)=O)cn12)OCC. The van der Waals surface area contributed by atoms with Crippen molar-refractivity contribution in [3.63, 3.8) is 0 Å². The minimum absolute atomic E-state index is 0.103. The highest BCUT2D eigenvalue weighted by Gasteiger charge is 2.19. The van der Waals surface area contributed by atoms with Crippen molar-refractivity contribution < 1.29 is 18.4 Å². The number of aromatic nitrogens is 3. The lowest BCUT2D eigenvalue weighted by Crippen LogP contribution is -2.10. The molecule has 0 aliphatic rings. The van der Waals surface area contributed by atoms with Crippen molar-refractivity contribution in [2.45, 2.75) is 13.8 Å². The van der Waals surface area contributed by atoms with Crippen LogP contribution in [0, 0.1) is 0 Å². The van der Waals surface area contributed by atoms with Crippen LogP contribution in [0.3, 0.4) is 0 Å². The van der Waals surface area contributed by atoms with E-state index >= 15 is 0 Å². The molecule has 0 fully saturated rings. The molecule has 118 valence electrons. The van der Waals surface area contributed by atoms with E-state index in [9.17, 15) is 9.36 Å². The van der Waals surface area contributed by atoms with Crippen LogP contribution in [0.2, 0.25) is 0 Å². The number of carbonyl (C=O) groups excluding carboxylic acids is 1. The van der Waals surface area contributed by atoms with Crippen molar-refractivity contribution in [1.29, 1.82) is 0 Å². The van der Waals surface area contributed by atoms with Crippen molar-refractivity contribution in [3.8, 4) is 0 Å². The first-order valence-corrected chi connectivity index (χ1v) is 8.32. The molecule has 8 nitrogen and oxygen atoms in total. The van der Waals surface area contributed by atoms with Crippen LogP contribution in [0.5, 0.6) is 0 Å². The predicted octanol–water partition coefficient (Wildman–Crippen LogP) is 2.07. The lowest BCUT2D eigenvalue weighted by atomic mass is 10.4. The first-order chi connectivity index (χ1) is 10.5. The van der Waals surface area contributed by atoms with Crippen LogP contribution in [-0.2, 0) is 13.6 Å². The maximum atomic E-state index is 12.4. The Kier molecular flexibility index (Phi) is 5.07. The Labute approximate surface area is 127 Å². The van der Waals surface area contributed by atoms with Gasteiger partial charge in [0.2, 0.25) is 5.78 Å². The molecule has 22 heavy (non-hydrogen) atoms. The number of nitrogens with two attached hydrogens (primary N) is 1. The van der Waals surface area contributed by atoms with Crippen molar-refractivity contribution in [2.24, 2.45) is 5.73 Å². The Morgan fingerprint density at radius 2 is 2.09 bits per heavy atom. The highest BCUT2D eigenvalue weighted by molar-refractivity contribution is 7.57. The van der Waals surface area contributed by atoms with Gasteiger partial charge in [0.15, 0.2) is 0 Å². The summed E-state index contributed by atoms with van der Waals surface area (Å²) in [7, 11) is -3.30. The average Bonchev–Trinajstić information content (AvgIpc) is 2.90. The van der Waals surface area contributed by atoms with E-state index in [1.165, 1.54) is 18.2 Å². The Morgan fingerprint density at radius 1 is 1.41 bits per heavy atom. The van der Waals surface area contributed by atoms with Gasteiger partial charge >= 0.3 is 7.60 Å². The fourth-order valence-corrected chi connectivity index (χ4v) is 3.12. The molecule has 0 aliphatic heterocycles. The molecule has 0 unspecified atom stereocenters. The van der Waals surface area contributed by atoms with Crippen molar-refractivity contribution in [1.82, 2.24) is 14.4 Å². The zero-order valence-corrected chi connectivity index (χ0v) is 13.2. The van der Waals surface area contributed by atoms with Gasteiger partial charge in [-0.25, -0.2) is 9.97 Å². The number of fused-ring (bicyclic) bond motifs is 1. The topological polar surface area (TPSA) is 109 Å². The van der Waals surface area contributed by atoms with Gasteiger partial charge in [0, 0.05) is 18.2 Å². The van der Waals surface area contributed by atoms with E-state index in [1.54, 1.807) is 30.4 Å². The molecular formula is C13H17N4O4P. The first-order valence-electron chi connectivity index (χ1n) is 6.71. The number of amides is 1. The third kappa shape index (κ3) is 3.59. The van der Waals surface area contributed by atoms with Gasteiger partial charge in [-0.05, 0) is 26.0 Å². The molecule has 0 saturated heterocycles. The highest BCUT2D eigenvalue weighted by Crippen LogP contribution is 2.50.